The highest BCUT2D eigenvalue weighted by Gasteiger charge is 2.25. The van der Waals surface area contributed by atoms with E-state index < -0.39 is 5.82 Å². The molecular formula is C19H14FN5O2. The lowest BCUT2D eigenvalue weighted by molar-refractivity contribution is 0.372. The fraction of sp³-hybridized carbons (Fsp3) is 0.158. The van der Waals surface area contributed by atoms with Crippen LogP contribution in [0.4, 0.5) is 15.9 Å². The van der Waals surface area contributed by atoms with Gasteiger partial charge in [0.05, 0.1) is 43.2 Å². The van der Waals surface area contributed by atoms with Crippen LogP contribution in [0.3, 0.4) is 0 Å². The Bertz CT molecular complexity index is 1090. The number of para-hydroxylation sites is 2. The van der Waals surface area contributed by atoms with Crippen molar-refractivity contribution in [2.75, 3.05) is 25.7 Å². The molecule has 1 aromatic heterocycles. The van der Waals surface area contributed by atoms with Crippen LogP contribution in [-0.4, -0.2) is 30.7 Å². The largest absolute Gasteiger partial charge is 0.495 e. The van der Waals surface area contributed by atoms with Crippen LogP contribution in [0.1, 0.15) is 5.56 Å². The number of nitrogens with zero attached hydrogens (tertiary/aromatic N) is 5. The Labute approximate surface area is 154 Å². The molecule has 0 bridgehead atoms. The Morgan fingerprint density at radius 1 is 1.15 bits per heavy atom. The summed E-state index contributed by atoms with van der Waals surface area (Å²) in [4.78, 5) is 10.1. The van der Waals surface area contributed by atoms with E-state index in [0.29, 0.717) is 11.0 Å². The van der Waals surface area contributed by atoms with Gasteiger partial charge in [-0.15, -0.1) is 0 Å². The number of aromatic nitrogens is 2. The average molecular weight is 363 g/mol. The molecule has 0 unspecified atom stereocenters. The van der Waals surface area contributed by atoms with Crippen LogP contribution in [0.15, 0.2) is 36.5 Å². The Kier molecular flexibility index (Phi) is 5.00. The van der Waals surface area contributed by atoms with Gasteiger partial charge in [-0.3, -0.25) is 4.98 Å². The van der Waals surface area contributed by atoms with Gasteiger partial charge in [-0.25, -0.2) is 9.37 Å². The summed E-state index contributed by atoms with van der Waals surface area (Å²) in [6.45, 7) is -0.192. The van der Waals surface area contributed by atoms with Gasteiger partial charge < -0.3 is 14.4 Å². The molecule has 7 nitrogen and oxygen atoms in total. The van der Waals surface area contributed by atoms with Crippen LogP contribution in [0.25, 0.3) is 11.0 Å². The summed E-state index contributed by atoms with van der Waals surface area (Å²) in [6, 6.07) is 12.4. The van der Waals surface area contributed by atoms with Gasteiger partial charge in [-0.05, 0) is 12.1 Å². The molecule has 0 amide bonds. The number of anilines is 2. The van der Waals surface area contributed by atoms with E-state index in [4.69, 9.17) is 9.47 Å². The zero-order valence-corrected chi connectivity index (χ0v) is 14.6. The van der Waals surface area contributed by atoms with E-state index in [9.17, 15) is 10.5 Å². The standard InChI is InChI=1S/C19H14FN5O2/c1-26-16-9-15(18(20)19(27-2)12(16)10-22)25(8-7-21)17-11-23-13-5-3-4-6-14(13)24-17/h3-6,9,11H,8H2,1-2H3. The number of ether oxygens (including phenoxy) is 2. The quantitative estimate of drug-likeness (QED) is 0.642. The molecule has 0 fully saturated rings. The normalized spacial score (nSPS) is 10.1. The minimum Gasteiger partial charge on any atom is -0.495 e. The van der Waals surface area contributed by atoms with Crippen molar-refractivity contribution in [2.45, 2.75) is 0 Å². The number of halogens is 1. The molecule has 0 aliphatic carbocycles. The van der Waals surface area contributed by atoms with Gasteiger partial charge in [0.1, 0.15) is 23.9 Å². The van der Waals surface area contributed by atoms with E-state index in [1.807, 2.05) is 24.3 Å². The third-order valence-electron chi connectivity index (χ3n) is 3.93. The van der Waals surface area contributed by atoms with Crippen LogP contribution < -0.4 is 14.4 Å². The first-order valence-electron chi connectivity index (χ1n) is 7.85. The molecule has 3 aromatic rings. The van der Waals surface area contributed by atoms with Gasteiger partial charge in [0.15, 0.2) is 17.4 Å². The summed E-state index contributed by atoms with van der Waals surface area (Å²) in [5.74, 6) is -0.644. The van der Waals surface area contributed by atoms with Gasteiger partial charge in [-0.1, -0.05) is 12.1 Å². The number of nitriles is 2. The summed E-state index contributed by atoms with van der Waals surface area (Å²) in [5, 5.41) is 18.5. The monoisotopic (exact) mass is 363 g/mol. The summed E-state index contributed by atoms with van der Waals surface area (Å²) >= 11 is 0. The molecule has 3 rings (SSSR count). The third kappa shape index (κ3) is 3.16. The molecule has 134 valence electrons. The number of rotatable bonds is 5. The van der Waals surface area contributed by atoms with Crippen molar-refractivity contribution >= 4 is 22.5 Å². The second-order valence-corrected chi connectivity index (χ2v) is 5.39. The Morgan fingerprint density at radius 3 is 2.52 bits per heavy atom. The van der Waals surface area contributed by atoms with Gasteiger partial charge in [0, 0.05) is 6.07 Å². The van der Waals surface area contributed by atoms with Crippen molar-refractivity contribution < 1.29 is 13.9 Å². The Hall–Kier alpha value is -3.91. The van der Waals surface area contributed by atoms with Crippen molar-refractivity contribution in [1.82, 2.24) is 9.97 Å². The van der Waals surface area contributed by atoms with Crippen molar-refractivity contribution in [3.63, 3.8) is 0 Å². The summed E-state index contributed by atoms with van der Waals surface area (Å²) in [6.07, 6.45) is 1.45. The fourth-order valence-corrected chi connectivity index (χ4v) is 2.69. The smallest absolute Gasteiger partial charge is 0.190 e. The highest BCUT2D eigenvalue weighted by atomic mass is 19.1. The third-order valence-corrected chi connectivity index (χ3v) is 3.93. The molecule has 27 heavy (non-hydrogen) atoms. The second kappa shape index (κ2) is 7.54. The fourth-order valence-electron chi connectivity index (χ4n) is 2.69. The lowest BCUT2D eigenvalue weighted by Crippen LogP contribution is -2.20. The number of fused-ring (bicyclic) bond motifs is 1. The van der Waals surface area contributed by atoms with Crippen molar-refractivity contribution in [1.29, 1.82) is 10.5 Å². The van der Waals surface area contributed by atoms with Gasteiger partial charge in [0.2, 0.25) is 0 Å². The van der Waals surface area contributed by atoms with Crippen LogP contribution in [0.5, 0.6) is 11.5 Å². The first kappa shape index (κ1) is 17.9. The molecule has 0 spiro atoms. The highest BCUT2D eigenvalue weighted by Crippen LogP contribution is 2.39. The molecule has 1 heterocycles. The average Bonchev–Trinajstić information content (AvgIpc) is 2.71. The van der Waals surface area contributed by atoms with Crippen molar-refractivity contribution in [2.24, 2.45) is 0 Å². The summed E-state index contributed by atoms with van der Waals surface area (Å²) in [7, 11) is 2.62. The first-order chi connectivity index (χ1) is 13.1. The first-order valence-corrected chi connectivity index (χ1v) is 7.85. The molecule has 0 atom stereocenters. The molecule has 2 aromatic carbocycles. The molecule has 0 saturated heterocycles. The Balaban J connectivity index is 2.23. The van der Waals surface area contributed by atoms with E-state index in [-0.39, 0.29) is 35.1 Å². The molecule has 8 heteroatoms. The highest BCUT2D eigenvalue weighted by molar-refractivity contribution is 5.77. The van der Waals surface area contributed by atoms with E-state index in [1.165, 1.54) is 31.4 Å². The zero-order valence-electron chi connectivity index (χ0n) is 14.6. The maximum absolute atomic E-state index is 15.1. The van der Waals surface area contributed by atoms with E-state index in [1.54, 1.807) is 12.1 Å². The molecule has 0 aliphatic rings. The van der Waals surface area contributed by atoms with Gasteiger partial charge in [-0.2, -0.15) is 10.5 Å². The van der Waals surface area contributed by atoms with Crippen LogP contribution in [-0.2, 0) is 0 Å². The van der Waals surface area contributed by atoms with Crippen LogP contribution >= 0.6 is 0 Å². The van der Waals surface area contributed by atoms with E-state index in [2.05, 4.69) is 9.97 Å². The summed E-state index contributed by atoms with van der Waals surface area (Å²) < 4.78 is 25.3. The zero-order chi connectivity index (χ0) is 19.4. The maximum atomic E-state index is 15.1. The van der Waals surface area contributed by atoms with E-state index >= 15 is 4.39 Å². The summed E-state index contributed by atoms with van der Waals surface area (Å²) in [5.41, 5.74) is 1.20. The van der Waals surface area contributed by atoms with Crippen molar-refractivity contribution in [3.8, 4) is 23.6 Å². The molecule has 0 aliphatic heterocycles. The SMILES string of the molecule is COc1cc(N(CC#N)c2cnc3ccccc3n2)c(F)c(OC)c1C#N. The van der Waals surface area contributed by atoms with Gasteiger partial charge >= 0.3 is 0 Å². The molecule has 0 radical (unpaired) electrons. The number of hydrogen-bond donors (Lipinski definition) is 0. The lowest BCUT2D eigenvalue weighted by atomic mass is 10.1. The second-order valence-electron chi connectivity index (χ2n) is 5.39. The maximum Gasteiger partial charge on any atom is 0.190 e. The Morgan fingerprint density at radius 2 is 1.89 bits per heavy atom. The van der Waals surface area contributed by atoms with Crippen LogP contribution in [0.2, 0.25) is 0 Å². The lowest BCUT2D eigenvalue weighted by Gasteiger charge is -2.23. The van der Waals surface area contributed by atoms with E-state index in [0.717, 1.165) is 0 Å². The predicted molar refractivity (Wildman–Crippen MR) is 96.4 cm³/mol. The molecular weight excluding hydrogens is 349 g/mol. The minimum atomic E-state index is -0.792. The number of methoxy groups -OCH3 is 2. The number of benzene rings is 2. The molecule has 0 saturated carbocycles. The topological polar surface area (TPSA) is 95.1 Å². The van der Waals surface area contributed by atoms with Gasteiger partial charge in [0.25, 0.3) is 0 Å². The molecule has 0 N–H and O–H groups in total. The minimum absolute atomic E-state index is 0.00571. The predicted octanol–water partition coefficient (Wildman–Crippen LogP) is 3.32. The van der Waals surface area contributed by atoms with Crippen LogP contribution in [0, 0.1) is 28.5 Å². The number of hydrogen-bond acceptors (Lipinski definition) is 7. The van der Waals surface area contributed by atoms with Crippen molar-refractivity contribution in [3.05, 3.63) is 47.9 Å².